The van der Waals surface area contributed by atoms with Gasteiger partial charge in [-0.25, -0.2) is 0 Å². The van der Waals surface area contributed by atoms with Crippen LogP contribution in [0.2, 0.25) is 0 Å². The number of rotatable bonds is 5. The second-order valence-corrected chi connectivity index (χ2v) is 6.21. The number of aryl methyl sites for hydroxylation is 1. The second-order valence-electron chi connectivity index (χ2n) is 6.21. The number of hydrogen-bond acceptors (Lipinski definition) is 2. The molecule has 0 aliphatic heterocycles. The molecule has 0 aliphatic carbocycles. The number of aliphatic hydroxyl groups excluding tert-OH is 1. The van der Waals surface area contributed by atoms with E-state index in [4.69, 9.17) is 5.11 Å². The van der Waals surface area contributed by atoms with Gasteiger partial charge < -0.3 is 10.0 Å². The van der Waals surface area contributed by atoms with Gasteiger partial charge in [0.2, 0.25) is 0 Å². The Morgan fingerprint density at radius 3 is 2.44 bits per heavy atom. The summed E-state index contributed by atoms with van der Waals surface area (Å²) < 4.78 is 0. The Labute approximate surface area is 112 Å². The molecule has 1 N–H and O–H groups in total. The van der Waals surface area contributed by atoms with Gasteiger partial charge in [0.25, 0.3) is 0 Å². The summed E-state index contributed by atoms with van der Waals surface area (Å²) in [5.41, 5.74) is 4.33. The molecule has 1 aromatic carbocycles. The number of benzene rings is 1. The highest BCUT2D eigenvalue weighted by molar-refractivity contribution is 5.34. The maximum atomic E-state index is 8.86. The van der Waals surface area contributed by atoms with Crippen molar-refractivity contribution >= 4 is 0 Å². The molecule has 0 saturated carbocycles. The third kappa shape index (κ3) is 4.43. The van der Waals surface area contributed by atoms with Crippen LogP contribution in [0.1, 0.15) is 43.9 Å². The Bertz CT molecular complexity index is 379. The van der Waals surface area contributed by atoms with Gasteiger partial charge in [-0.15, -0.1) is 0 Å². The van der Waals surface area contributed by atoms with Crippen LogP contribution in [0.4, 0.5) is 0 Å². The molecule has 18 heavy (non-hydrogen) atoms. The van der Waals surface area contributed by atoms with E-state index in [1.54, 1.807) is 0 Å². The molecule has 0 aliphatic rings. The molecule has 102 valence electrons. The zero-order valence-electron chi connectivity index (χ0n) is 12.5. The van der Waals surface area contributed by atoms with Gasteiger partial charge in [-0.3, -0.25) is 0 Å². The highest BCUT2D eigenvalue weighted by Crippen LogP contribution is 2.25. The van der Waals surface area contributed by atoms with Crippen molar-refractivity contribution in [2.75, 3.05) is 20.2 Å². The minimum Gasteiger partial charge on any atom is -0.396 e. The Morgan fingerprint density at radius 1 is 1.22 bits per heavy atom. The fraction of sp³-hybridized carbons (Fsp3) is 0.625. The van der Waals surface area contributed by atoms with Crippen molar-refractivity contribution in [1.29, 1.82) is 0 Å². The summed E-state index contributed by atoms with van der Waals surface area (Å²) in [5, 5.41) is 8.86. The van der Waals surface area contributed by atoms with Crippen molar-refractivity contribution in [2.24, 2.45) is 0 Å². The summed E-state index contributed by atoms with van der Waals surface area (Å²) in [5.74, 6) is 0. The van der Waals surface area contributed by atoms with Crippen molar-refractivity contribution in [3.8, 4) is 0 Å². The second kappa shape index (κ2) is 6.35. The summed E-state index contributed by atoms with van der Waals surface area (Å²) in [4.78, 5) is 2.27. The van der Waals surface area contributed by atoms with E-state index in [9.17, 15) is 0 Å². The third-order valence-corrected chi connectivity index (χ3v) is 3.35. The van der Waals surface area contributed by atoms with E-state index in [2.05, 4.69) is 57.8 Å². The van der Waals surface area contributed by atoms with E-state index >= 15 is 0 Å². The first kappa shape index (κ1) is 15.2. The van der Waals surface area contributed by atoms with Crippen molar-refractivity contribution in [3.05, 3.63) is 34.9 Å². The fourth-order valence-electron chi connectivity index (χ4n) is 2.02. The molecule has 0 bridgehead atoms. The van der Waals surface area contributed by atoms with Gasteiger partial charge in [0.05, 0.1) is 0 Å². The van der Waals surface area contributed by atoms with Gasteiger partial charge in [-0.1, -0.05) is 39.0 Å². The van der Waals surface area contributed by atoms with Gasteiger partial charge in [0.15, 0.2) is 0 Å². The molecule has 0 saturated heterocycles. The Balaban J connectivity index is 2.81. The smallest absolute Gasteiger partial charge is 0.0443 e. The van der Waals surface area contributed by atoms with E-state index in [1.165, 1.54) is 16.7 Å². The molecular formula is C16H27NO. The topological polar surface area (TPSA) is 23.5 Å². The van der Waals surface area contributed by atoms with Crippen molar-refractivity contribution in [1.82, 2.24) is 4.90 Å². The van der Waals surface area contributed by atoms with Crippen LogP contribution >= 0.6 is 0 Å². The van der Waals surface area contributed by atoms with Crippen LogP contribution in [-0.2, 0) is 12.0 Å². The molecule has 0 aromatic heterocycles. The van der Waals surface area contributed by atoms with Gasteiger partial charge in [-0.05, 0) is 42.5 Å². The average molecular weight is 249 g/mol. The predicted octanol–water partition coefficient (Wildman–Crippen LogP) is 3.11. The van der Waals surface area contributed by atoms with Gasteiger partial charge in [-0.2, -0.15) is 0 Å². The van der Waals surface area contributed by atoms with Gasteiger partial charge in [0.1, 0.15) is 0 Å². The Kier molecular flexibility index (Phi) is 5.36. The Morgan fingerprint density at radius 2 is 1.89 bits per heavy atom. The number of aliphatic hydroxyl groups is 1. The van der Waals surface area contributed by atoms with Crippen molar-refractivity contribution < 1.29 is 5.11 Å². The van der Waals surface area contributed by atoms with Crippen LogP contribution in [0.5, 0.6) is 0 Å². The first-order chi connectivity index (χ1) is 8.34. The summed E-state index contributed by atoms with van der Waals surface area (Å²) in [6, 6.07) is 6.77. The lowest BCUT2D eigenvalue weighted by Gasteiger charge is -2.23. The predicted molar refractivity (Wildman–Crippen MR) is 77.9 cm³/mol. The highest BCUT2D eigenvalue weighted by atomic mass is 16.3. The molecule has 0 atom stereocenters. The van der Waals surface area contributed by atoms with E-state index in [0.29, 0.717) is 0 Å². The molecule has 0 unspecified atom stereocenters. The van der Waals surface area contributed by atoms with Gasteiger partial charge in [0, 0.05) is 19.7 Å². The SMILES string of the molecule is Cc1ccc(C(C)(C)C)cc1CN(C)CCCO. The summed E-state index contributed by atoms with van der Waals surface area (Å²) in [7, 11) is 2.11. The average Bonchev–Trinajstić information content (AvgIpc) is 2.28. The zero-order chi connectivity index (χ0) is 13.8. The molecule has 2 heteroatoms. The van der Waals surface area contributed by atoms with E-state index in [-0.39, 0.29) is 12.0 Å². The molecule has 0 radical (unpaired) electrons. The normalized spacial score (nSPS) is 12.2. The minimum atomic E-state index is 0.201. The van der Waals surface area contributed by atoms with Crippen molar-refractivity contribution in [3.63, 3.8) is 0 Å². The molecule has 0 fully saturated rings. The maximum absolute atomic E-state index is 8.86. The summed E-state index contributed by atoms with van der Waals surface area (Å²) in [6.45, 7) is 11.1. The molecular weight excluding hydrogens is 222 g/mol. The quantitative estimate of drug-likeness (QED) is 0.866. The summed E-state index contributed by atoms with van der Waals surface area (Å²) >= 11 is 0. The molecule has 2 nitrogen and oxygen atoms in total. The standard InChI is InChI=1S/C16H27NO/c1-13-7-8-15(16(2,3)4)11-14(13)12-17(5)9-6-10-18/h7-8,11,18H,6,9-10,12H2,1-5H3. The van der Waals surface area contributed by atoms with Crippen LogP contribution in [0.25, 0.3) is 0 Å². The third-order valence-electron chi connectivity index (χ3n) is 3.35. The van der Waals surface area contributed by atoms with Crippen LogP contribution in [0.15, 0.2) is 18.2 Å². The lowest BCUT2D eigenvalue weighted by molar-refractivity contribution is 0.244. The van der Waals surface area contributed by atoms with Crippen LogP contribution in [0, 0.1) is 6.92 Å². The van der Waals surface area contributed by atoms with E-state index in [0.717, 1.165) is 19.5 Å². The molecule has 0 amide bonds. The van der Waals surface area contributed by atoms with Gasteiger partial charge >= 0.3 is 0 Å². The first-order valence-electron chi connectivity index (χ1n) is 6.74. The molecule has 1 rings (SSSR count). The molecule has 0 spiro atoms. The maximum Gasteiger partial charge on any atom is 0.0443 e. The van der Waals surface area contributed by atoms with Crippen LogP contribution < -0.4 is 0 Å². The minimum absolute atomic E-state index is 0.201. The Hall–Kier alpha value is -0.860. The van der Waals surface area contributed by atoms with Crippen LogP contribution in [0.3, 0.4) is 0 Å². The largest absolute Gasteiger partial charge is 0.396 e. The number of nitrogens with zero attached hydrogens (tertiary/aromatic N) is 1. The lowest BCUT2D eigenvalue weighted by atomic mass is 9.85. The van der Waals surface area contributed by atoms with E-state index in [1.807, 2.05) is 0 Å². The summed E-state index contributed by atoms with van der Waals surface area (Å²) in [6.07, 6.45) is 0.842. The van der Waals surface area contributed by atoms with Crippen LogP contribution in [-0.4, -0.2) is 30.2 Å². The fourth-order valence-corrected chi connectivity index (χ4v) is 2.02. The first-order valence-corrected chi connectivity index (χ1v) is 6.74. The van der Waals surface area contributed by atoms with Crippen molar-refractivity contribution in [2.45, 2.75) is 46.1 Å². The zero-order valence-corrected chi connectivity index (χ0v) is 12.5. The van der Waals surface area contributed by atoms with E-state index < -0.39 is 0 Å². The monoisotopic (exact) mass is 249 g/mol. The molecule has 0 heterocycles. The lowest BCUT2D eigenvalue weighted by Crippen LogP contribution is -2.21. The molecule has 1 aromatic rings. The highest BCUT2D eigenvalue weighted by Gasteiger charge is 2.15. The number of hydrogen-bond donors (Lipinski definition) is 1.